The molecule has 1 aromatic carbocycles. The van der Waals surface area contributed by atoms with E-state index in [1.165, 1.54) is 7.11 Å². The van der Waals surface area contributed by atoms with Gasteiger partial charge < -0.3 is 26.4 Å². The molecule has 2 rings (SSSR count). The lowest BCUT2D eigenvalue weighted by atomic mass is 10.1. The molecule has 0 spiro atoms. The van der Waals surface area contributed by atoms with Crippen molar-refractivity contribution in [1.29, 1.82) is 0 Å². The number of amides is 3. The van der Waals surface area contributed by atoms with Gasteiger partial charge in [-0.25, -0.2) is 4.79 Å². The third-order valence-electron chi connectivity index (χ3n) is 3.62. The maximum absolute atomic E-state index is 11.9. The zero-order valence-electron chi connectivity index (χ0n) is 13.9. The Balaban J connectivity index is 0.00000288. The first-order valence-corrected chi connectivity index (χ1v) is 7.72. The second-order valence-corrected chi connectivity index (χ2v) is 5.79. The van der Waals surface area contributed by atoms with E-state index in [4.69, 9.17) is 10.5 Å². The molecule has 1 aliphatic rings. The SMILES string of the molecule is COCC(N)C(=O)NC(C)c1ccc(NC(=O)NC2CC2)cc1.Cl. The first-order chi connectivity index (χ1) is 11.0. The molecule has 134 valence electrons. The highest BCUT2D eigenvalue weighted by Gasteiger charge is 2.23. The maximum Gasteiger partial charge on any atom is 0.319 e. The van der Waals surface area contributed by atoms with Gasteiger partial charge in [0.25, 0.3) is 0 Å². The highest BCUT2D eigenvalue weighted by Crippen LogP contribution is 2.19. The lowest BCUT2D eigenvalue weighted by Crippen LogP contribution is -2.44. The molecule has 8 heteroatoms. The number of hydrogen-bond acceptors (Lipinski definition) is 4. The van der Waals surface area contributed by atoms with Gasteiger partial charge in [-0.3, -0.25) is 4.79 Å². The number of nitrogens with one attached hydrogen (secondary N) is 3. The van der Waals surface area contributed by atoms with Crippen molar-refractivity contribution in [3.05, 3.63) is 29.8 Å². The van der Waals surface area contributed by atoms with Crippen molar-refractivity contribution in [2.45, 2.75) is 37.9 Å². The number of carbonyl (C=O) groups is 2. The molecule has 1 fully saturated rings. The minimum absolute atomic E-state index is 0. The molecule has 1 saturated carbocycles. The fraction of sp³-hybridized carbons (Fsp3) is 0.500. The van der Waals surface area contributed by atoms with Crippen LogP contribution in [0.2, 0.25) is 0 Å². The highest BCUT2D eigenvalue weighted by atomic mass is 35.5. The topological polar surface area (TPSA) is 105 Å². The molecule has 2 atom stereocenters. The smallest absolute Gasteiger partial charge is 0.319 e. The lowest BCUT2D eigenvalue weighted by Gasteiger charge is -2.18. The number of urea groups is 1. The summed E-state index contributed by atoms with van der Waals surface area (Å²) in [5.74, 6) is -0.259. The van der Waals surface area contributed by atoms with E-state index in [1.54, 1.807) is 12.1 Å². The number of nitrogens with two attached hydrogens (primary N) is 1. The van der Waals surface area contributed by atoms with Crippen molar-refractivity contribution in [3.8, 4) is 0 Å². The van der Waals surface area contributed by atoms with Crippen LogP contribution >= 0.6 is 12.4 Å². The molecular formula is C16H25ClN4O3. The van der Waals surface area contributed by atoms with Crippen molar-refractivity contribution >= 4 is 30.0 Å². The Morgan fingerprint density at radius 2 is 1.92 bits per heavy atom. The molecule has 0 radical (unpaired) electrons. The van der Waals surface area contributed by atoms with E-state index < -0.39 is 6.04 Å². The Morgan fingerprint density at radius 3 is 2.46 bits per heavy atom. The van der Waals surface area contributed by atoms with E-state index in [-0.39, 0.29) is 37.0 Å². The van der Waals surface area contributed by atoms with E-state index in [0.717, 1.165) is 18.4 Å². The normalized spacial score (nSPS) is 15.6. The highest BCUT2D eigenvalue weighted by molar-refractivity contribution is 5.89. The van der Waals surface area contributed by atoms with Crippen LogP contribution in [0, 0.1) is 0 Å². The second-order valence-electron chi connectivity index (χ2n) is 5.79. The number of rotatable bonds is 7. The Hall–Kier alpha value is -1.83. The Bertz CT molecular complexity index is 549. The van der Waals surface area contributed by atoms with Gasteiger partial charge in [0, 0.05) is 18.8 Å². The predicted molar refractivity (Wildman–Crippen MR) is 95.3 cm³/mol. The molecular weight excluding hydrogens is 332 g/mol. The van der Waals surface area contributed by atoms with Gasteiger partial charge >= 0.3 is 6.03 Å². The average Bonchev–Trinajstić information content (AvgIpc) is 3.31. The zero-order valence-corrected chi connectivity index (χ0v) is 14.7. The monoisotopic (exact) mass is 356 g/mol. The van der Waals surface area contributed by atoms with Crippen molar-refractivity contribution in [3.63, 3.8) is 0 Å². The standard InChI is InChI=1S/C16H24N4O3.ClH/c1-10(18-15(21)14(17)9-23-2)11-3-5-12(6-4-11)19-16(22)20-13-7-8-13;/h3-6,10,13-14H,7-9,17H2,1-2H3,(H,18,21)(H2,19,20,22);1H. The van der Waals surface area contributed by atoms with Gasteiger partial charge in [0.05, 0.1) is 12.6 Å². The Morgan fingerprint density at radius 1 is 1.29 bits per heavy atom. The summed E-state index contributed by atoms with van der Waals surface area (Å²) < 4.78 is 4.86. The fourth-order valence-electron chi connectivity index (χ4n) is 2.09. The third kappa shape index (κ3) is 6.35. The fourth-order valence-corrected chi connectivity index (χ4v) is 2.09. The second kappa shape index (κ2) is 9.46. The lowest BCUT2D eigenvalue weighted by molar-refractivity contribution is -0.124. The van der Waals surface area contributed by atoms with Gasteiger partial charge in [-0.1, -0.05) is 12.1 Å². The van der Waals surface area contributed by atoms with Crippen molar-refractivity contribution in [1.82, 2.24) is 10.6 Å². The molecule has 5 N–H and O–H groups in total. The van der Waals surface area contributed by atoms with E-state index in [2.05, 4.69) is 16.0 Å². The van der Waals surface area contributed by atoms with Crippen LogP contribution in [0.3, 0.4) is 0 Å². The average molecular weight is 357 g/mol. The number of anilines is 1. The van der Waals surface area contributed by atoms with Gasteiger partial charge in [0.15, 0.2) is 0 Å². The van der Waals surface area contributed by atoms with E-state index in [0.29, 0.717) is 11.7 Å². The van der Waals surface area contributed by atoms with Gasteiger partial charge in [-0.2, -0.15) is 0 Å². The number of ether oxygens (including phenoxy) is 1. The maximum atomic E-state index is 11.9. The number of benzene rings is 1. The summed E-state index contributed by atoms with van der Waals surface area (Å²) in [5, 5.41) is 8.47. The molecule has 0 aromatic heterocycles. The van der Waals surface area contributed by atoms with Gasteiger partial charge in [0.1, 0.15) is 6.04 Å². The molecule has 2 unspecified atom stereocenters. The molecule has 0 heterocycles. The summed E-state index contributed by atoms with van der Waals surface area (Å²) in [4.78, 5) is 23.5. The summed E-state index contributed by atoms with van der Waals surface area (Å²) in [6.07, 6.45) is 2.10. The number of hydrogen-bond donors (Lipinski definition) is 4. The summed E-state index contributed by atoms with van der Waals surface area (Å²) in [6, 6.07) is 6.60. The first-order valence-electron chi connectivity index (χ1n) is 7.72. The quantitative estimate of drug-likeness (QED) is 0.594. The zero-order chi connectivity index (χ0) is 16.8. The molecule has 1 aromatic rings. The minimum atomic E-state index is -0.686. The van der Waals surface area contributed by atoms with Crippen LogP contribution in [0.1, 0.15) is 31.4 Å². The molecule has 0 aliphatic heterocycles. The first kappa shape index (κ1) is 20.2. The third-order valence-corrected chi connectivity index (χ3v) is 3.62. The minimum Gasteiger partial charge on any atom is -0.383 e. The molecule has 0 saturated heterocycles. The Kier molecular flexibility index (Phi) is 7.97. The number of methoxy groups -OCH3 is 1. The molecule has 7 nitrogen and oxygen atoms in total. The van der Waals surface area contributed by atoms with Crippen LogP contribution in [0.5, 0.6) is 0 Å². The van der Waals surface area contributed by atoms with E-state index in [1.807, 2.05) is 19.1 Å². The van der Waals surface area contributed by atoms with E-state index in [9.17, 15) is 9.59 Å². The van der Waals surface area contributed by atoms with Crippen molar-refractivity contribution in [2.75, 3.05) is 19.0 Å². The number of halogens is 1. The van der Waals surface area contributed by atoms with Crippen LogP contribution in [-0.4, -0.2) is 37.7 Å². The largest absolute Gasteiger partial charge is 0.383 e. The summed E-state index contributed by atoms with van der Waals surface area (Å²) in [5.41, 5.74) is 7.32. The van der Waals surface area contributed by atoms with Gasteiger partial charge in [-0.05, 0) is 37.5 Å². The van der Waals surface area contributed by atoms with Crippen LogP contribution in [0.25, 0.3) is 0 Å². The van der Waals surface area contributed by atoms with Gasteiger partial charge in [-0.15, -0.1) is 12.4 Å². The molecule has 0 bridgehead atoms. The van der Waals surface area contributed by atoms with E-state index >= 15 is 0 Å². The number of carbonyl (C=O) groups excluding carboxylic acids is 2. The predicted octanol–water partition coefficient (Wildman–Crippen LogP) is 1.54. The molecule has 1 aliphatic carbocycles. The van der Waals surface area contributed by atoms with Crippen molar-refractivity contribution in [2.24, 2.45) is 5.73 Å². The van der Waals surface area contributed by atoms with Crippen LogP contribution in [0.15, 0.2) is 24.3 Å². The van der Waals surface area contributed by atoms with Crippen LogP contribution in [-0.2, 0) is 9.53 Å². The van der Waals surface area contributed by atoms with Gasteiger partial charge in [0.2, 0.25) is 5.91 Å². The Labute approximate surface area is 148 Å². The molecule has 3 amide bonds. The van der Waals surface area contributed by atoms with Crippen LogP contribution in [0.4, 0.5) is 10.5 Å². The summed E-state index contributed by atoms with van der Waals surface area (Å²) in [6.45, 7) is 2.05. The summed E-state index contributed by atoms with van der Waals surface area (Å²) >= 11 is 0. The summed E-state index contributed by atoms with van der Waals surface area (Å²) in [7, 11) is 1.50. The molecule has 24 heavy (non-hydrogen) atoms. The van der Waals surface area contributed by atoms with Crippen LogP contribution < -0.4 is 21.7 Å². The van der Waals surface area contributed by atoms with Crippen molar-refractivity contribution < 1.29 is 14.3 Å².